The molecule has 2 atom stereocenters. The van der Waals surface area contributed by atoms with Crippen LogP contribution in [-0.2, 0) is 6.42 Å². The molecule has 3 heteroatoms. The van der Waals surface area contributed by atoms with Gasteiger partial charge in [-0.05, 0) is 49.1 Å². The molecule has 0 aromatic heterocycles. The molecule has 0 saturated heterocycles. The van der Waals surface area contributed by atoms with Crippen molar-refractivity contribution in [2.45, 2.75) is 33.2 Å². The highest BCUT2D eigenvalue weighted by Gasteiger charge is 2.20. The van der Waals surface area contributed by atoms with Gasteiger partial charge in [-0.25, -0.2) is 0 Å². The number of ether oxygens (including phenoxy) is 1. The summed E-state index contributed by atoms with van der Waals surface area (Å²) in [5.74, 6) is 2.22. The second-order valence-corrected chi connectivity index (χ2v) is 6.01. The molecule has 18 heavy (non-hydrogen) atoms. The number of halogens is 1. The van der Waals surface area contributed by atoms with Crippen LogP contribution >= 0.6 is 15.9 Å². The molecule has 1 N–H and O–H groups in total. The Hall–Kier alpha value is -0.540. The smallest absolute Gasteiger partial charge is 0.119 e. The van der Waals surface area contributed by atoms with E-state index in [0.29, 0.717) is 17.9 Å². The van der Waals surface area contributed by atoms with Crippen molar-refractivity contribution in [3.63, 3.8) is 0 Å². The molecular formula is C15H24BrNO. The van der Waals surface area contributed by atoms with E-state index < -0.39 is 0 Å². The van der Waals surface area contributed by atoms with Gasteiger partial charge in [0.1, 0.15) is 5.75 Å². The third-order valence-electron chi connectivity index (χ3n) is 3.75. The van der Waals surface area contributed by atoms with Crippen molar-refractivity contribution in [1.82, 2.24) is 5.32 Å². The van der Waals surface area contributed by atoms with Gasteiger partial charge in [-0.2, -0.15) is 0 Å². The Morgan fingerprint density at radius 2 is 1.94 bits per heavy atom. The molecule has 0 fully saturated rings. The fraction of sp³-hybridized carbons (Fsp3) is 0.600. The molecule has 0 amide bonds. The quantitative estimate of drug-likeness (QED) is 0.860. The van der Waals surface area contributed by atoms with E-state index >= 15 is 0 Å². The van der Waals surface area contributed by atoms with Crippen LogP contribution in [0.1, 0.15) is 26.3 Å². The molecule has 0 saturated carbocycles. The summed E-state index contributed by atoms with van der Waals surface area (Å²) in [6, 6.07) is 6.63. The molecule has 0 aliphatic heterocycles. The molecule has 1 aromatic carbocycles. The minimum absolute atomic E-state index is 0.480. The normalized spacial score (nSPS) is 14.6. The van der Waals surface area contributed by atoms with Crippen molar-refractivity contribution in [2.24, 2.45) is 11.8 Å². The number of nitrogens with one attached hydrogen (secondary N) is 1. The van der Waals surface area contributed by atoms with Crippen LogP contribution in [0.2, 0.25) is 0 Å². The lowest BCUT2D eigenvalue weighted by Crippen LogP contribution is -2.36. The summed E-state index contributed by atoms with van der Waals surface area (Å²) >= 11 is 3.62. The molecule has 102 valence electrons. The highest BCUT2D eigenvalue weighted by molar-refractivity contribution is 9.10. The average Bonchev–Trinajstić information content (AvgIpc) is 2.36. The lowest BCUT2D eigenvalue weighted by molar-refractivity contribution is 0.309. The topological polar surface area (TPSA) is 21.3 Å². The standard InChI is InChI=1S/C15H24BrNO/c1-10(2)11(3)15(17-4)9-12-8-13(18-5)6-7-14(12)16/h6-8,10-11,15,17H,9H2,1-5H3. The molecule has 2 nitrogen and oxygen atoms in total. The van der Waals surface area contributed by atoms with E-state index in [1.54, 1.807) is 7.11 Å². The van der Waals surface area contributed by atoms with Gasteiger partial charge in [0.15, 0.2) is 0 Å². The van der Waals surface area contributed by atoms with Crippen molar-refractivity contribution >= 4 is 15.9 Å². The Balaban J connectivity index is 2.87. The highest BCUT2D eigenvalue weighted by Crippen LogP contribution is 2.26. The first kappa shape index (κ1) is 15.5. The Bertz CT molecular complexity index is 379. The van der Waals surface area contributed by atoms with Crippen LogP contribution in [-0.4, -0.2) is 20.2 Å². The predicted molar refractivity (Wildman–Crippen MR) is 81.2 cm³/mol. The minimum Gasteiger partial charge on any atom is -0.497 e. The first-order valence-electron chi connectivity index (χ1n) is 6.49. The third-order valence-corrected chi connectivity index (χ3v) is 4.52. The maximum atomic E-state index is 5.29. The SMILES string of the molecule is CNC(Cc1cc(OC)ccc1Br)C(C)C(C)C. The van der Waals surface area contributed by atoms with E-state index in [1.807, 2.05) is 13.1 Å². The third kappa shape index (κ3) is 3.99. The summed E-state index contributed by atoms with van der Waals surface area (Å²) in [5.41, 5.74) is 1.29. The van der Waals surface area contributed by atoms with Crippen molar-refractivity contribution in [2.75, 3.05) is 14.2 Å². The van der Waals surface area contributed by atoms with Gasteiger partial charge in [-0.3, -0.25) is 0 Å². The van der Waals surface area contributed by atoms with Gasteiger partial charge in [0.25, 0.3) is 0 Å². The van der Waals surface area contributed by atoms with Crippen molar-refractivity contribution in [1.29, 1.82) is 0 Å². The van der Waals surface area contributed by atoms with Crippen LogP contribution in [0.4, 0.5) is 0 Å². The van der Waals surface area contributed by atoms with Crippen LogP contribution in [0.15, 0.2) is 22.7 Å². The lowest BCUT2D eigenvalue weighted by Gasteiger charge is -2.27. The zero-order chi connectivity index (χ0) is 13.7. The van der Waals surface area contributed by atoms with Crippen LogP contribution < -0.4 is 10.1 Å². The Morgan fingerprint density at radius 3 is 2.44 bits per heavy atom. The largest absolute Gasteiger partial charge is 0.497 e. The number of methoxy groups -OCH3 is 1. The molecule has 0 bridgehead atoms. The molecule has 2 unspecified atom stereocenters. The lowest BCUT2D eigenvalue weighted by atomic mass is 9.87. The monoisotopic (exact) mass is 313 g/mol. The highest BCUT2D eigenvalue weighted by atomic mass is 79.9. The van der Waals surface area contributed by atoms with E-state index in [2.05, 4.69) is 54.2 Å². The summed E-state index contributed by atoms with van der Waals surface area (Å²) in [7, 11) is 3.75. The summed E-state index contributed by atoms with van der Waals surface area (Å²) in [4.78, 5) is 0. The second kappa shape index (κ2) is 7.15. The summed E-state index contributed by atoms with van der Waals surface area (Å²) in [5, 5.41) is 3.43. The van der Waals surface area contributed by atoms with Gasteiger partial charge in [0.2, 0.25) is 0 Å². The molecule has 0 heterocycles. The zero-order valence-corrected chi connectivity index (χ0v) is 13.5. The van der Waals surface area contributed by atoms with Crippen molar-refractivity contribution < 1.29 is 4.74 Å². The fourth-order valence-corrected chi connectivity index (χ4v) is 2.50. The Morgan fingerprint density at radius 1 is 1.28 bits per heavy atom. The molecule has 0 radical (unpaired) electrons. The van der Waals surface area contributed by atoms with E-state index in [1.165, 1.54) is 5.56 Å². The summed E-state index contributed by atoms with van der Waals surface area (Å²) in [6.07, 6.45) is 1.01. The first-order chi connectivity index (χ1) is 8.49. The van der Waals surface area contributed by atoms with Crippen LogP contribution in [0, 0.1) is 11.8 Å². The molecule has 0 spiro atoms. The fourth-order valence-electron chi connectivity index (χ4n) is 2.09. The molecule has 0 aliphatic rings. The van der Waals surface area contributed by atoms with Gasteiger partial charge in [-0.1, -0.05) is 36.7 Å². The van der Waals surface area contributed by atoms with Crippen LogP contribution in [0.3, 0.4) is 0 Å². The van der Waals surface area contributed by atoms with Crippen LogP contribution in [0.25, 0.3) is 0 Å². The molecule has 0 aliphatic carbocycles. The van der Waals surface area contributed by atoms with E-state index in [9.17, 15) is 0 Å². The molecule has 1 aromatic rings. The van der Waals surface area contributed by atoms with Crippen molar-refractivity contribution in [3.05, 3.63) is 28.2 Å². The second-order valence-electron chi connectivity index (χ2n) is 5.16. The summed E-state index contributed by atoms with van der Waals surface area (Å²) in [6.45, 7) is 6.85. The van der Waals surface area contributed by atoms with Gasteiger partial charge in [-0.15, -0.1) is 0 Å². The van der Waals surface area contributed by atoms with Gasteiger partial charge < -0.3 is 10.1 Å². The van der Waals surface area contributed by atoms with Gasteiger partial charge in [0, 0.05) is 10.5 Å². The minimum atomic E-state index is 0.480. The van der Waals surface area contributed by atoms with E-state index in [-0.39, 0.29) is 0 Å². The van der Waals surface area contributed by atoms with Gasteiger partial charge >= 0.3 is 0 Å². The number of hydrogen-bond donors (Lipinski definition) is 1. The number of benzene rings is 1. The Kier molecular flexibility index (Phi) is 6.16. The predicted octanol–water partition coefficient (Wildman–Crippen LogP) is 3.88. The van der Waals surface area contributed by atoms with Gasteiger partial charge in [0.05, 0.1) is 7.11 Å². The molecular weight excluding hydrogens is 290 g/mol. The summed E-state index contributed by atoms with van der Waals surface area (Å²) < 4.78 is 6.44. The van der Waals surface area contributed by atoms with E-state index in [0.717, 1.165) is 16.6 Å². The first-order valence-corrected chi connectivity index (χ1v) is 7.28. The molecule has 1 rings (SSSR count). The maximum absolute atomic E-state index is 5.29. The van der Waals surface area contributed by atoms with Crippen molar-refractivity contribution in [3.8, 4) is 5.75 Å². The van der Waals surface area contributed by atoms with Crippen LogP contribution in [0.5, 0.6) is 5.75 Å². The average molecular weight is 314 g/mol. The van der Waals surface area contributed by atoms with E-state index in [4.69, 9.17) is 4.74 Å². The maximum Gasteiger partial charge on any atom is 0.119 e. The number of hydrogen-bond acceptors (Lipinski definition) is 2. The Labute approximate surface area is 119 Å². The number of rotatable bonds is 6. The number of likely N-dealkylation sites (N-methyl/N-ethyl adjacent to an activating group) is 1. The zero-order valence-electron chi connectivity index (χ0n) is 12.0.